The first-order valence-electron chi connectivity index (χ1n) is 6.09. The van der Waals surface area contributed by atoms with Crippen LogP contribution in [0.2, 0.25) is 0 Å². The Morgan fingerprint density at radius 1 is 1.06 bits per heavy atom. The first-order chi connectivity index (χ1) is 8.37. The smallest absolute Gasteiger partial charge is 0.338 e. The Morgan fingerprint density at radius 3 is 2.17 bits per heavy atom. The molecular weight excluding hydrogens is 224 g/mol. The predicted molar refractivity (Wildman–Crippen MR) is 73.9 cm³/mol. The summed E-state index contributed by atoms with van der Waals surface area (Å²) in [5, 5.41) is 2.20. The van der Waals surface area contributed by atoms with Gasteiger partial charge >= 0.3 is 5.97 Å². The lowest BCUT2D eigenvalue weighted by atomic mass is 10.0. The molecule has 0 aliphatic heterocycles. The Hall–Kier alpha value is -1.83. The van der Waals surface area contributed by atoms with Gasteiger partial charge < -0.3 is 4.74 Å². The molecule has 2 heteroatoms. The Morgan fingerprint density at radius 2 is 1.61 bits per heavy atom. The molecule has 0 fully saturated rings. The molecule has 0 amide bonds. The molecule has 2 aromatic rings. The summed E-state index contributed by atoms with van der Waals surface area (Å²) in [7, 11) is 0. The fraction of sp³-hybridized carbons (Fsp3) is 0.312. The molecule has 18 heavy (non-hydrogen) atoms. The van der Waals surface area contributed by atoms with E-state index in [-0.39, 0.29) is 5.97 Å². The van der Waals surface area contributed by atoms with Gasteiger partial charge in [0.2, 0.25) is 0 Å². The molecule has 0 saturated carbocycles. The number of carbonyl (C=O) groups is 1. The molecule has 2 aromatic carbocycles. The third-order valence-electron chi connectivity index (χ3n) is 2.71. The minimum absolute atomic E-state index is 0.259. The van der Waals surface area contributed by atoms with E-state index in [1.54, 1.807) is 0 Å². The van der Waals surface area contributed by atoms with Crippen molar-refractivity contribution in [3.8, 4) is 0 Å². The van der Waals surface area contributed by atoms with Crippen LogP contribution in [0, 0.1) is 6.92 Å². The first kappa shape index (κ1) is 12.6. The number of ether oxygens (including phenoxy) is 1. The van der Waals surface area contributed by atoms with Crippen molar-refractivity contribution in [2.45, 2.75) is 33.3 Å². The van der Waals surface area contributed by atoms with Gasteiger partial charge in [0.1, 0.15) is 5.60 Å². The second kappa shape index (κ2) is 4.45. The van der Waals surface area contributed by atoms with Crippen LogP contribution in [0.5, 0.6) is 0 Å². The molecule has 0 atom stereocenters. The largest absolute Gasteiger partial charge is 0.456 e. The molecule has 2 nitrogen and oxygen atoms in total. The van der Waals surface area contributed by atoms with E-state index in [2.05, 4.69) is 0 Å². The van der Waals surface area contributed by atoms with Crippen LogP contribution < -0.4 is 0 Å². The zero-order valence-electron chi connectivity index (χ0n) is 11.3. The monoisotopic (exact) mass is 242 g/mol. The summed E-state index contributed by atoms with van der Waals surface area (Å²) < 4.78 is 5.41. The zero-order chi connectivity index (χ0) is 13.3. The predicted octanol–water partition coefficient (Wildman–Crippen LogP) is 4.10. The average molecular weight is 242 g/mol. The van der Waals surface area contributed by atoms with Crippen molar-refractivity contribution in [2.75, 3.05) is 0 Å². The average Bonchev–Trinajstić information content (AvgIpc) is 2.25. The zero-order valence-corrected chi connectivity index (χ0v) is 11.3. The minimum atomic E-state index is -0.463. The SMILES string of the molecule is Cc1cc2ccccc2cc1C(=O)OC(C)(C)C. The number of esters is 1. The molecule has 0 radical (unpaired) electrons. The van der Waals surface area contributed by atoms with E-state index in [9.17, 15) is 4.79 Å². The third kappa shape index (κ3) is 2.70. The molecule has 0 heterocycles. The van der Waals surface area contributed by atoms with Crippen LogP contribution in [0.15, 0.2) is 36.4 Å². The fourth-order valence-corrected chi connectivity index (χ4v) is 1.91. The van der Waals surface area contributed by atoms with Gasteiger partial charge in [-0.1, -0.05) is 30.3 Å². The molecule has 0 bridgehead atoms. The van der Waals surface area contributed by atoms with E-state index >= 15 is 0 Å². The highest BCUT2D eigenvalue weighted by Gasteiger charge is 2.19. The van der Waals surface area contributed by atoms with E-state index in [4.69, 9.17) is 4.74 Å². The quantitative estimate of drug-likeness (QED) is 0.704. The van der Waals surface area contributed by atoms with E-state index < -0.39 is 5.60 Å². The van der Waals surface area contributed by atoms with Crippen LogP contribution in [0.4, 0.5) is 0 Å². The van der Waals surface area contributed by atoms with Crippen LogP contribution in [0.1, 0.15) is 36.7 Å². The van der Waals surface area contributed by atoms with Crippen molar-refractivity contribution in [3.63, 3.8) is 0 Å². The Balaban J connectivity index is 2.45. The van der Waals surface area contributed by atoms with Crippen molar-refractivity contribution >= 4 is 16.7 Å². The van der Waals surface area contributed by atoms with Gasteiger partial charge in [0.15, 0.2) is 0 Å². The van der Waals surface area contributed by atoms with Gasteiger partial charge in [-0.2, -0.15) is 0 Å². The number of hydrogen-bond donors (Lipinski definition) is 0. The minimum Gasteiger partial charge on any atom is -0.456 e. The highest BCUT2D eigenvalue weighted by molar-refractivity contribution is 5.97. The van der Waals surface area contributed by atoms with Crippen LogP contribution in [-0.4, -0.2) is 11.6 Å². The van der Waals surface area contributed by atoms with Crippen molar-refractivity contribution < 1.29 is 9.53 Å². The topological polar surface area (TPSA) is 26.3 Å². The molecule has 0 unspecified atom stereocenters. The molecule has 0 aliphatic carbocycles. The molecule has 0 N–H and O–H groups in total. The van der Waals surface area contributed by atoms with Crippen molar-refractivity contribution in [1.29, 1.82) is 0 Å². The number of benzene rings is 2. The highest BCUT2D eigenvalue weighted by Crippen LogP contribution is 2.22. The van der Waals surface area contributed by atoms with Gasteiger partial charge in [-0.15, -0.1) is 0 Å². The fourth-order valence-electron chi connectivity index (χ4n) is 1.91. The highest BCUT2D eigenvalue weighted by atomic mass is 16.6. The second-order valence-electron chi connectivity index (χ2n) is 5.52. The van der Waals surface area contributed by atoms with Gasteiger partial charge in [-0.3, -0.25) is 0 Å². The standard InChI is InChI=1S/C16H18O2/c1-11-9-12-7-5-6-8-13(12)10-14(11)15(17)18-16(2,3)4/h5-10H,1-4H3. The van der Waals surface area contributed by atoms with Crippen molar-refractivity contribution in [1.82, 2.24) is 0 Å². The number of aryl methyl sites for hydroxylation is 1. The summed E-state index contributed by atoms with van der Waals surface area (Å²) in [6, 6.07) is 11.9. The number of carbonyl (C=O) groups excluding carboxylic acids is 1. The van der Waals surface area contributed by atoms with Crippen molar-refractivity contribution in [3.05, 3.63) is 47.5 Å². The van der Waals surface area contributed by atoms with Gasteiger partial charge in [-0.05, 0) is 50.1 Å². The van der Waals surface area contributed by atoms with E-state index in [1.165, 1.54) is 0 Å². The van der Waals surface area contributed by atoms with Crippen LogP contribution in [0.25, 0.3) is 10.8 Å². The van der Waals surface area contributed by atoms with Gasteiger partial charge in [-0.25, -0.2) is 4.79 Å². The lowest BCUT2D eigenvalue weighted by Crippen LogP contribution is -2.24. The first-order valence-corrected chi connectivity index (χ1v) is 6.09. The summed E-state index contributed by atoms with van der Waals surface area (Å²) in [4.78, 5) is 12.1. The third-order valence-corrected chi connectivity index (χ3v) is 2.71. The summed E-state index contributed by atoms with van der Waals surface area (Å²) >= 11 is 0. The molecule has 0 saturated heterocycles. The number of hydrogen-bond acceptors (Lipinski definition) is 2. The van der Waals surface area contributed by atoms with Gasteiger partial charge in [0, 0.05) is 0 Å². The molecule has 2 rings (SSSR count). The molecule has 0 aliphatic rings. The molecular formula is C16H18O2. The number of rotatable bonds is 1. The van der Waals surface area contributed by atoms with Crippen molar-refractivity contribution in [2.24, 2.45) is 0 Å². The summed E-state index contributed by atoms with van der Waals surface area (Å²) in [6.07, 6.45) is 0. The Labute approximate surface area is 108 Å². The molecule has 0 spiro atoms. The maximum atomic E-state index is 12.1. The maximum absolute atomic E-state index is 12.1. The summed E-state index contributed by atoms with van der Waals surface area (Å²) in [6.45, 7) is 7.57. The van der Waals surface area contributed by atoms with Gasteiger partial charge in [0.25, 0.3) is 0 Å². The summed E-state index contributed by atoms with van der Waals surface area (Å²) in [5.41, 5.74) is 1.13. The van der Waals surface area contributed by atoms with Gasteiger partial charge in [0.05, 0.1) is 5.56 Å². The maximum Gasteiger partial charge on any atom is 0.338 e. The molecule has 94 valence electrons. The second-order valence-corrected chi connectivity index (χ2v) is 5.52. The van der Waals surface area contributed by atoms with E-state index in [0.717, 1.165) is 16.3 Å². The van der Waals surface area contributed by atoms with E-state index in [0.29, 0.717) is 5.56 Å². The normalized spacial score (nSPS) is 11.6. The van der Waals surface area contributed by atoms with E-state index in [1.807, 2.05) is 64.1 Å². The number of fused-ring (bicyclic) bond motifs is 1. The lowest BCUT2D eigenvalue weighted by Gasteiger charge is -2.20. The van der Waals surface area contributed by atoms with Crippen LogP contribution in [0.3, 0.4) is 0 Å². The Bertz CT molecular complexity index is 592. The summed E-state index contributed by atoms with van der Waals surface area (Å²) in [5.74, 6) is -0.259. The molecule has 0 aromatic heterocycles. The van der Waals surface area contributed by atoms with Crippen LogP contribution >= 0.6 is 0 Å². The lowest BCUT2D eigenvalue weighted by molar-refractivity contribution is 0.00690. The van der Waals surface area contributed by atoms with Crippen LogP contribution in [-0.2, 0) is 4.74 Å². The Kier molecular flexibility index (Phi) is 3.12.